The topological polar surface area (TPSA) is 75.8 Å². The molecule has 1 fully saturated rings. The number of anilines is 1. The fourth-order valence-electron chi connectivity index (χ4n) is 2.15. The van der Waals surface area contributed by atoms with Gasteiger partial charge in [0.15, 0.2) is 6.61 Å². The molecular weight excluding hydrogens is 232 g/mol. The lowest BCUT2D eigenvalue weighted by Crippen LogP contribution is -2.40. The van der Waals surface area contributed by atoms with Crippen LogP contribution in [-0.2, 0) is 4.79 Å². The number of carbonyl (C=O) groups is 1. The highest BCUT2D eigenvalue weighted by atomic mass is 16.5. The largest absolute Gasteiger partial charge is 0.484 e. The Kier molecular flexibility index (Phi) is 4.04. The molecule has 3 N–H and O–H groups in total. The molecule has 1 aromatic carbocycles. The Hall–Kier alpha value is -1.75. The minimum absolute atomic E-state index is 0.000415. The minimum atomic E-state index is -0.0802. The van der Waals surface area contributed by atoms with Gasteiger partial charge in [-0.15, -0.1) is 0 Å². The number of hydrogen-bond acceptors (Lipinski definition) is 4. The summed E-state index contributed by atoms with van der Waals surface area (Å²) >= 11 is 0. The Balaban J connectivity index is 1.86. The van der Waals surface area contributed by atoms with Gasteiger partial charge < -0.3 is 20.5 Å². The van der Waals surface area contributed by atoms with Gasteiger partial charge in [0.05, 0.1) is 12.6 Å². The number of rotatable bonds is 4. The second-order valence-electron chi connectivity index (χ2n) is 4.42. The van der Waals surface area contributed by atoms with Crippen LogP contribution in [0.2, 0.25) is 0 Å². The first-order valence-corrected chi connectivity index (χ1v) is 6.09. The maximum atomic E-state index is 11.9. The van der Waals surface area contributed by atoms with Crippen molar-refractivity contribution >= 4 is 11.6 Å². The van der Waals surface area contributed by atoms with Crippen molar-refractivity contribution in [3.63, 3.8) is 0 Å². The molecule has 18 heavy (non-hydrogen) atoms. The van der Waals surface area contributed by atoms with Crippen LogP contribution in [0.1, 0.15) is 12.8 Å². The third-order valence-corrected chi connectivity index (χ3v) is 3.15. The average molecular weight is 250 g/mol. The summed E-state index contributed by atoms with van der Waals surface area (Å²) in [6, 6.07) is 6.87. The van der Waals surface area contributed by atoms with E-state index in [2.05, 4.69) is 0 Å². The molecule has 1 amide bonds. The van der Waals surface area contributed by atoms with Crippen molar-refractivity contribution in [3.05, 3.63) is 24.3 Å². The summed E-state index contributed by atoms with van der Waals surface area (Å²) in [6.07, 6.45) is 1.81. The van der Waals surface area contributed by atoms with E-state index in [4.69, 9.17) is 15.6 Å². The summed E-state index contributed by atoms with van der Waals surface area (Å²) in [5.41, 5.74) is 6.22. The smallest absolute Gasteiger partial charge is 0.260 e. The molecular formula is C13H18N2O3. The lowest BCUT2D eigenvalue weighted by molar-refractivity contribution is -0.134. The van der Waals surface area contributed by atoms with Gasteiger partial charge >= 0.3 is 0 Å². The van der Waals surface area contributed by atoms with E-state index in [1.54, 1.807) is 29.2 Å². The summed E-state index contributed by atoms with van der Waals surface area (Å²) in [7, 11) is 0. The van der Waals surface area contributed by atoms with Crippen molar-refractivity contribution < 1.29 is 14.6 Å². The zero-order chi connectivity index (χ0) is 13.0. The third kappa shape index (κ3) is 2.92. The SMILES string of the molecule is Nc1ccc(OCC(=O)N2CCCC2CO)cc1. The quantitative estimate of drug-likeness (QED) is 0.769. The van der Waals surface area contributed by atoms with Crippen LogP contribution in [0.3, 0.4) is 0 Å². The van der Waals surface area contributed by atoms with E-state index < -0.39 is 0 Å². The Morgan fingerprint density at radius 2 is 2.17 bits per heavy atom. The molecule has 0 saturated carbocycles. The molecule has 0 radical (unpaired) electrons. The molecule has 0 aromatic heterocycles. The number of aliphatic hydroxyl groups excluding tert-OH is 1. The number of nitrogen functional groups attached to an aromatic ring is 1. The summed E-state index contributed by atoms with van der Waals surface area (Å²) in [5, 5.41) is 9.15. The van der Waals surface area contributed by atoms with E-state index in [9.17, 15) is 4.79 Å². The lowest BCUT2D eigenvalue weighted by Gasteiger charge is -2.22. The van der Waals surface area contributed by atoms with Crippen LogP contribution in [0.4, 0.5) is 5.69 Å². The Morgan fingerprint density at radius 1 is 1.44 bits per heavy atom. The zero-order valence-corrected chi connectivity index (χ0v) is 10.2. The molecule has 0 bridgehead atoms. The molecule has 1 aliphatic rings. The summed E-state index contributed by atoms with van der Waals surface area (Å²) in [4.78, 5) is 13.6. The van der Waals surface area contributed by atoms with Gasteiger partial charge in [-0.25, -0.2) is 0 Å². The maximum absolute atomic E-state index is 11.9. The lowest BCUT2D eigenvalue weighted by atomic mass is 10.2. The molecule has 1 unspecified atom stereocenters. The monoisotopic (exact) mass is 250 g/mol. The molecule has 0 spiro atoms. The van der Waals surface area contributed by atoms with Crippen LogP contribution in [0.5, 0.6) is 5.75 Å². The van der Waals surface area contributed by atoms with Gasteiger partial charge in [-0.05, 0) is 37.1 Å². The van der Waals surface area contributed by atoms with Gasteiger partial charge in [0.25, 0.3) is 5.91 Å². The summed E-state index contributed by atoms with van der Waals surface area (Å²) in [6.45, 7) is 0.725. The highest BCUT2D eigenvalue weighted by Crippen LogP contribution is 2.18. The number of aliphatic hydroxyl groups is 1. The Labute approximate surface area is 106 Å². The second-order valence-corrected chi connectivity index (χ2v) is 4.42. The number of nitrogens with zero attached hydrogens (tertiary/aromatic N) is 1. The predicted octanol–water partition coefficient (Wildman–Crippen LogP) is 0.631. The van der Waals surface area contributed by atoms with Crippen LogP contribution in [0.25, 0.3) is 0 Å². The van der Waals surface area contributed by atoms with E-state index in [-0.39, 0.29) is 25.2 Å². The predicted molar refractivity (Wildman–Crippen MR) is 68.2 cm³/mol. The van der Waals surface area contributed by atoms with Crippen LogP contribution >= 0.6 is 0 Å². The van der Waals surface area contributed by atoms with Crippen molar-refractivity contribution in [2.75, 3.05) is 25.5 Å². The average Bonchev–Trinajstić information content (AvgIpc) is 2.86. The van der Waals surface area contributed by atoms with E-state index in [0.717, 1.165) is 12.8 Å². The molecule has 2 rings (SSSR count). The number of benzene rings is 1. The Bertz CT molecular complexity index is 405. The summed E-state index contributed by atoms with van der Waals surface area (Å²) < 4.78 is 5.40. The molecule has 0 aliphatic carbocycles. The Morgan fingerprint density at radius 3 is 2.83 bits per heavy atom. The van der Waals surface area contributed by atoms with Crippen LogP contribution in [0.15, 0.2) is 24.3 Å². The molecule has 98 valence electrons. The number of ether oxygens (including phenoxy) is 1. The van der Waals surface area contributed by atoms with E-state index in [1.165, 1.54) is 0 Å². The van der Waals surface area contributed by atoms with Crippen LogP contribution in [-0.4, -0.2) is 41.7 Å². The first kappa shape index (κ1) is 12.7. The van der Waals surface area contributed by atoms with E-state index in [1.807, 2.05) is 0 Å². The molecule has 1 atom stereocenters. The normalized spacial score (nSPS) is 18.9. The molecule has 1 saturated heterocycles. The highest BCUT2D eigenvalue weighted by molar-refractivity contribution is 5.78. The van der Waals surface area contributed by atoms with Gasteiger partial charge in [-0.2, -0.15) is 0 Å². The molecule has 1 heterocycles. The first-order chi connectivity index (χ1) is 8.70. The van der Waals surface area contributed by atoms with E-state index >= 15 is 0 Å². The van der Waals surface area contributed by atoms with Crippen LogP contribution in [0, 0.1) is 0 Å². The number of hydrogen-bond donors (Lipinski definition) is 2. The summed E-state index contributed by atoms with van der Waals surface area (Å²) in [5.74, 6) is 0.542. The van der Waals surface area contributed by atoms with Gasteiger partial charge in [-0.1, -0.05) is 0 Å². The zero-order valence-electron chi connectivity index (χ0n) is 10.2. The van der Waals surface area contributed by atoms with Gasteiger partial charge in [0.2, 0.25) is 0 Å². The molecule has 1 aliphatic heterocycles. The highest BCUT2D eigenvalue weighted by Gasteiger charge is 2.27. The number of likely N-dealkylation sites (tertiary alicyclic amines) is 1. The van der Waals surface area contributed by atoms with Gasteiger partial charge in [-0.3, -0.25) is 4.79 Å². The number of amides is 1. The number of carbonyl (C=O) groups excluding carboxylic acids is 1. The van der Waals surface area contributed by atoms with Gasteiger partial charge in [0.1, 0.15) is 5.75 Å². The van der Waals surface area contributed by atoms with Gasteiger partial charge in [0, 0.05) is 12.2 Å². The van der Waals surface area contributed by atoms with Crippen LogP contribution < -0.4 is 10.5 Å². The van der Waals surface area contributed by atoms with Crippen molar-refractivity contribution in [1.82, 2.24) is 4.90 Å². The standard InChI is InChI=1S/C13H18N2O3/c14-10-3-5-12(6-4-10)18-9-13(17)15-7-1-2-11(15)8-16/h3-6,11,16H,1-2,7-9,14H2. The fourth-order valence-corrected chi connectivity index (χ4v) is 2.15. The van der Waals surface area contributed by atoms with Crippen molar-refractivity contribution in [3.8, 4) is 5.75 Å². The molecule has 1 aromatic rings. The third-order valence-electron chi connectivity index (χ3n) is 3.15. The second kappa shape index (κ2) is 5.73. The van der Waals surface area contributed by atoms with E-state index in [0.29, 0.717) is 18.0 Å². The maximum Gasteiger partial charge on any atom is 0.260 e. The van der Waals surface area contributed by atoms with Crippen molar-refractivity contribution in [1.29, 1.82) is 0 Å². The fraction of sp³-hybridized carbons (Fsp3) is 0.462. The minimum Gasteiger partial charge on any atom is -0.484 e. The first-order valence-electron chi connectivity index (χ1n) is 6.09. The molecule has 5 nitrogen and oxygen atoms in total. The number of nitrogens with two attached hydrogens (primary N) is 1. The van der Waals surface area contributed by atoms with Crippen molar-refractivity contribution in [2.24, 2.45) is 0 Å². The van der Waals surface area contributed by atoms with Crippen molar-refractivity contribution in [2.45, 2.75) is 18.9 Å². The molecule has 5 heteroatoms.